The third-order valence-corrected chi connectivity index (χ3v) is 3.09. The van der Waals surface area contributed by atoms with E-state index in [9.17, 15) is 0 Å². The van der Waals surface area contributed by atoms with Crippen LogP contribution in [0.5, 0.6) is 0 Å². The van der Waals surface area contributed by atoms with Gasteiger partial charge in [0.1, 0.15) is 0 Å². The van der Waals surface area contributed by atoms with Gasteiger partial charge in [0.05, 0.1) is 0 Å². The van der Waals surface area contributed by atoms with E-state index in [0.717, 1.165) is 25.8 Å². The summed E-state index contributed by atoms with van der Waals surface area (Å²) in [6, 6.07) is 6.38. The van der Waals surface area contributed by atoms with Crippen LogP contribution < -0.4 is 5.73 Å². The average Bonchev–Trinajstić information content (AvgIpc) is 2.27. The third kappa shape index (κ3) is 3.60. The minimum absolute atomic E-state index is 0.581. The Morgan fingerprint density at radius 3 is 2.62 bits per heavy atom. The molecule has 0 bridgehead atoms. The minimum atomic E-state index is 0.581. The molecule has 0 fully saturated rings. The van der Waals surface area contributed by atoms with Crippen molar-refractivity contribution in [2.45, 2.75) is 46.0 Å². The van der Waals surface area contributed by atoms with Crippen molar-refractivity contribution in [1.29, 1.82) is 0 Å². The van der Waals surface area contributed by atoms with Gasteiger partial charge in [-0.2, -0.15) is 0 Å². The van der Waals surface area contributed by atoms with Crippen molar-refractivity contribution in [3.05, 3.63) is 29.6 Å². The van der Waals surface area contributed by atoms with Gasteiger partial charge in [-0.25, -0.2) is 0 Å². The van der Waals surface area contributed by atoms with Gasteiger partial charge in [0.2, 0.25) is 0 Å². The summed E-state index contributed by atoms with van der Waals surface area (Å²) < 4.78 is 0. The van der Waals surface area contributed by atoms with E-state index < -0.39 is 0 Å². The van der Waals surface area contributed by atoms with Crippen LogP contribution in [0, 0.1) is 5.92 Å². The van der Waals surface area contributed by atoms with E-state index in [1.807, 2.05) is 0 Å². The SMILES string of the molecule is CCC(c1cccc(CCCN)n1)C(C)C. The highest BCUT2D eigenvalue weighted by molar-refractivity contribution is 5.15. The first kappa shape index (κ1) is 13.2. The standard InChI is InChI=1S/C14H24N2/c1-4-13(11(2)3)14-9-5-7-12(16-14)8-6-10-15/h5,7,9,11,13H,4,6,8,10,15H2,1-3H3. The maximum absolute atomic E-state index is 5.52. The number of hydrogen-bond donors (Lipinski definition) is 1. The Balaban J connectivity index is 2.79. The van der Waals surface area contributed by atoms with Crippen molar-refractivity contribution in [2.75, 3.05) is 6.54 Å². The Labute approximate surface area is 99.3 Å². The second kappa shape index (κ2) is 6.64. The summed E-state index contributed by atoms with van der Waals surface area (Å²) in [5.41, 5.74) is 7.95. The molecular weight excluding hydrogens is 196 g/mol. The van der Waals surface area contributed by atoms with Crippen LogP contribution in [0.2, 0.25) is 0 Å². The van der Waals surface area contributed by atoms with E-state index in [2.05, 4.69) is 39.0 Å². The second-order valence-electron chi connectivity index (χ2n) is 4.70. The van der Waals surface area contributed by atoms with Crippen LogP contribution in [0.3, 0.4) is 0 Å². The topological polar surface area (TPSA) is 38.9 Å². The summed E-state index contributed by atoms with van der Waals surface area (Å²) >= 11 is 0. The first-order valence-electron chi connectivity index (χ1n) is 6.35. The van der Waals surface area contributed by atoms with Gasteiger partial charge >= 0.3 is 0 Å². The van der Waals surface area contributed by atoms with Gasteiger partial charge in [-0.05, 0) is 43.9 Å². The zero-order chi connectivity index (χ0) is 12.0. The van der Waals surface area contributed by atoms with E-state index in [0.29, 0.717) is 11.8 Å². The number of nitrogens with two attached hydrogens (primary N) is 1. The molecule has 0 aliphatic rings. The molecule has 1 atom stereocenters. The molecule has 0 spiro atoms. The number of rotatable bonds is 6. The fraction of sp³-hybridized carbons (Fsp3) is 0.643. The lowest BCUT2D eigenvalue weighted by Crippen LogP contribution is -2.09. The number of pyridine rings is 1. The minimum Gasteiger partial charge on any atom is -0.330 e. The van der Waals surface area contributed by atoms with Gasteiger partial charge in [-0.3, -0.25) is 4.98 Å². The first-order chi connectivity index (χ1) is 7.69. The Kier molecular flexibility index (Phi) is 5.47. The monoisotopic (exact) mass is 220 g/mol. The Morgan fingerprint density at radius 2 is 2.06 bits per heavy atom. The fourth-order valence-corrected chi connectivity index (χ4v) is 2.15. The van der Waals surface area contributed by atoms with Crippen LogP contribution >= 0.6 is 0 Å². The Hall–Kier alpha value is -0.890. The molecule has 0 radical (unpaired) electrons. The van der Waals surface area contributed by atoms with Gasteiger partial charge in [0, 0.05) is 17.3 Å². The smallest absolute Gasteiger partial charge is 0.0440 e. The Morgan fingerprint density at radius 1 is 1.31 bits per heavy atom. The van der Waals surface area contributed by atoms with Crippen molar-refractivity contribution in [3.63, 3.8) is 0 Å². The number of hydrogen-bond acceptors (Lipinski definition) is 2. The predicted molar refractivity (Wildman–Crippen MR) is 69.5 cm³/mol. The molecule has 1 aromatic heterocycles. The highest BCUT2D eigenvalue weighted by atomic mass is 14.7. The summed E-state index contributed by atoms with van der Waals surface area (Å²) in [7, 11) is 0. The van der Waals surface area contributed by atoms with Gasteiger partial charge in [0.15, 0.2) is 0 Å². The summed E-state index contributed by atoms with van der Waals surface area (Å²) in [4.78, 5) is 4.75. The van der Waals surface area contributed by atoms with Crippen LogP contribution in [0.4, 0.5) is 0 Å². The van der Waals surface area contributed by atoms with Crippen molar-refractivity contribution in [3.8, 4) is 0 Å². The fourth-order valence-electron chi connectivity index (χ4n) is 2.15. The third-order valence-electron chi connectivity index (χ3n) is 3.09. The van der Waals surface area contributed by atoms with Gasteiger partial charge < -0.3 is 5.73 Å². The molecule has 2 nitrogen and oxygen atoms in total. The molecule has 0 aliphatic heterocycles. The van der Waals surface area contributed by atoms with Crippen LogP contribution in [0.25, 0.3) is 0 Å². The molecule has 1 rings (SSSR count). The Bertz CT molecular complexity index is 307. The first-order valence-corrected chi connectivity index (χ1v) is 6.35. The lowest BCUT2D eigenvalue weighted by Gasteiger charge is -2.19. The maximum Gasteiger partial charge on any atom is 0.0440 e. The second-order valence-corrected chi connectivity index (χ2v) is 4.70. The zero-order valence-electron chi connectivity index (χ0n) is 10.7. The molecule has 0 saturated heterocycles. The average molecular weight is 220 g/mol. The van der Waals surface area contributed by atoms with E-state index in [1.165, 1.54) is 11.4 Å². The van der Waals surface area contributed by atoms with Crippen LogP contribution in [0.15, 0.2) is 18.2 Å². The molecule has 16 heavy (non-hydrogen) atoms. The molecule has 90 valence electrons. The molecule has 0 aromatic carbocycles. The highest BCUT2D eigenvalue weighted by Gasteiger charge is 2.14. The molecule has 0 aliphatic carbocycles. The van der Waals surface area contributed by atoms with Crippen LogP contribution in [-0.4, -0.2) is 11.5 Å². The number of nitrogens with zero attached hydrogens (tertiary/aromatic N) is 1. The van der Waals surface area contributed by atoms with Crippen molar-refractivity contribution in [1.82, 2.24) is 4.98 Å². The zero-order valence-corrected chi connectivity index (χ0v) is 10.7. The van der Waals surface area contributed by atoms with Crippen LogP contribution in [0.1, 0.15) is 50.9 Å². The lowest BCUT2D eigenvalue weighted by atomic mass is 9.89. The molecule has 1 unspecified atom stereocenters. The molecule has 1 heterocycles. The van der Waals surface area contributed by atoms with E-state index in [4.69, 9.17) is 10.7 Å². The summed E-state index contributed by atoms with van der Waals surface area (Å²) in [6.45, 7) is 7.51. The van der Waals surface area contributed by atoms with E-state index in [1.54, 1.807) is 0 Å². The highest BCUT2D eigenvalue weighted by Crippen LogP contribution is 2.26. The maximum atomic E-state index is 5.52. The molecular formula is C14H24N2. The van der Waals surface area contributed by atoms with Gasteiger partial charge in [-0.1, -0.05) is 26.8 Å². The number of aryl methyl sites for hydroxylation is 1. The van der Waals surface area contributed by atoms with Gasteiger partial charge in [0.25, 0.3) is 0 Å². The van der Waals surface area contributed by atoms with Crippen molar-refractivity contribution >= 4 is 0 Å². The number of aromatic nitrogens is 1. The molecule has 2 heteroatoms. The molecule has 1 aromatic rings. The van der Waals surface area contributed by atoms with E-state index >= 15 is 0 Å². The summed E-state index contributed by atoms with van der Waals surface area (Å²) in [5.74, 6) is 1.24. The van der Waals surface area contributed by atoms with Crippen molar-refractivity contribution < 1.29 is 0 Å². The van der Waals surface area contributed by atoms with Crippen molar-refractivity contribution in [2.24, 2.45) is 11.7 Å². The molecule has 0 saturated carbocycles. The normalized spacial score (nSPS) is 13.1. The predicted octanol–water partition coefficient (Wildman–Crippen LogP) is 3.12. The summed E-state index contributed by atoms with van der Waals surface area (Å²) in [5, 5.41) is 0. The molecule has 0 amide bonds. The largest absolute Gasteiger partial charge is 0.330 e. The molecule has 2 N–H and O–H groups in total. The van der Waals surface area contributed by atoms with E-state index in [-0.39, 0.29) is 0 Å². The van der Waals surface area contributed by atoms with Gasteiger partial charge in [-0.15, -0.1) is 0 Å². The summed E-state index contributed by atoms with van der Waals surface area (Å²) in [6.07, 6.45) is 3.18. The lowest BCUT2D eigenvalue weighted by molar-refractivity contribution is 0.473. The quantitative estimate of drug-likeness (QED) is 0.800. The van der Waals surface area contributed by atoms with Crippen LogP contribution in [-0.2, 0) is 6.42 Å².